The molecule has 0 aliphatic carbocycles. The van der Waals surface area contributed by atoms with Gasteiger partial charge in [0.05, 0.1) is 13.2 Å². The molecule has 4 rings (SSSR count). The molecule has 202 valence electrons. The van der Waals surface area contributed by atoms with Crippen LogP contribution in [0.2, 0.25) is 0 Å². The van der Waals surface area contributed by atoms with Crippen molar-refractivity contribution in [1.29, 1.82) is 0 Å². The van der Waals surface area contributed by atoms with E-state index in [-0.39, 0.29) is 23.6 Å². The summed E-state index contributed by atoms with van der Waals surface area (Å²) in [6.07, 6.45) is 7.09. The second kappa shape index (κ2) is 12.7. The van der Waals surface area contributed by atoms with Crippen molar-refractivity contribution in [2.24, 2.45) is 0 Å². The zero-order chi connectivity index (χ0) is 26.4. The van der Waals surface area contributed by atoms with Gasteiger partial charge in [-0.25, -0.2) is 9.37 Å². The normalized spacial score (nSPS) is 18.5. The van der Waals surface area contributed by atoms with Crippen molar-refractivity contribution >= 4 is 11.8 Å². The molecule has 2 aliphatic rings. The van der Waals surface area contributed by atoms with Gasteiger partial charge in [0.2, 0.25) is 0 Å². The summed E-state index contributed by atoms with van der Waals surface area (Å²) in [6, 6.07) is 6.41. The van der Waals surface area contributed by atoms with Crippen LogP contribution in [0.25, 0.3) is 0 Å². The number of unbranched alkanes of at least 4 members (excludes halogenated alkanes) is 2. The quantitative estimate of drug-likeness (QED) is 0.371. The predicted octanol–water partition coefficient (Wildman–Crippen LogP) is 5.34. The van der Waals surface area contributed by atoms with Crippen LogP contribution in [-0.4, -0.2) is 60.4 Å². The number of hydrogen-bond donors (Lipinski definition) is 2. The number of halogens is 1. The standard InChI is InChI=1S/C29H40FN3O4/c1-19(2)23-16-24(26(36-3)17-25(23)30)27(29(34)35)33-14-12-22(18-33)37-15-6-4-5-9-21-11-10-20-8-7-13-31-28(20)32-21/h10-11,16-17,19,22,27H,4-9,12-15,18H2,1-3H3,(H,31,32)(H,34,35)/t22-,27+/m1/s1. The van der Waals surface area contributed by atoms with Crippen LogP contribution in [0.15, 0.2) is 24.3 Å². The number of ether oxygens (including phenoxy) is 2. The SMILES string of the molecule is COc1cc(F)c(C(C)C)cc1[C@@H](C(=O)O)N1CC[C@@H](OCCCCCc2ccc3c(n2)NCCC3)C1. The summed E-state index contributed by atoms with van der Waals surface area (Å²) < 4.78 is 26.0. The van der Waals surface area contributed by atoms with Gasteiger partial charge in [-0.15, -0.1) is 0 Å². The second-order valence-electron chi connectivity index (χ2n) is 10.4. The van der Waals surface area contributed by atoms with Crippen LogP contribution in [0.1, 0.15) is 80.3 Å². The Labute approximate surface area is 219 Å². The number of likely N-dealkylation sites (tertiary alicyclic amines) is 1. The molecule has 0 unspecified atom stereocenters. The Kier molecular flexibility index (Phi) is 9.38. The number of rotatable bonds is 12. The number of hydrogen-bond acceptors (Lipinski definition) is 6. The van der Waals surface area contributed by atoms with Crippen molar-refractivity contribution < 1.29 is 23.8 Å². The molecule has 2 atom stereocenters. The minimum Gasteiger partial charge on any atom is -0.496 e. The Morgan fingerprint density at radius 2 is 2.08 bits per heavy atom. The van der Waals surface area contributed by atoms with Gasteiger partial charge in [-0.1, -0.05) is 26.3 Å². The predicted molar refractivity (Wildman–Crippen MR) is 142 cm³/mol. The lowest BCUT2D eigenvalue weighted by atomic mass is 9.95. The van der Waals surface area contributed by atoms with Crippen LogP contribution < -0.4 is 10.1 Å². The van der Waals surface area contributed by atoms with Gasteiger partial charge in [0, 0.05) is 43.6 Å². The molecule has 1 aromatic heterocycles. The number of nitrogens with one attached hydrogen (secondary N) is 1. The maximum absolute atomic E-state index is 14.5. The monoisotopic (exact) mass is 513 g/mol. The number of carboxylic acids is 1. The molecule has 8 heteroatoms. The van der Waals surface area contributed by atoms with E-state index in [9.17, 15) is 14.3 Å². The lowest BCUT2D eigenvalue weighted by molar-refractivity contribution is -0.143. The van der Waals surface area contributed by atoms with E-state index in [2.05, 4.69) is 17.4 Å². The summed E-state index contributed by atoms with van der Waals surface area (Å²) in [5, 5.41) is 13.5. The van der Waals surface area contributed by atoms with E-state index in [1.807, 2.05) is 18.7 Å². The molecule has 0 radical (unpaired) electrons. The summed E-state index contributed by atoms with van der Waals surface area (Å²) in [4.78, 5) is 19.0. The molecule has 2 aliphatic heterocycles. The van der Waals surface area contributed by atoms with Gasteiger partial charge in [0.1, 0.15) is 23.4 Å². The molecule has 0 bridgehead atoms. The summed E-state index contributed by atoms with van der Waals surface area (Å²) in [6.45, 7) is 6.59. The second-order valence-corrected chi connectivity index (χ2v) is 10.4. The molecule has 0 spiro atoms. The fraction of sp³-hybridized carbons (Fsp3) is 0.586. The van der Waals surface area contributed by atoms with Crippen molar-refractivity contribution in [2.45, 2.75) is 76.9 Å². The van der Waals surface area contributed by atoms with E-state index in [0.29, 0.717) is 30.8 Å². The third-order valence-electron chi connectivity index (χ3n) is 7.42. The third-order valence-corrected chi connectivity index (χ3v) is 7.42. The first-order valence-corrected chi connectivity index (χ1v) is 13.6. The lowest BCUT2D eigenvalue weighted by Crippen LogP contribution is -2.34. The molecule has 0 amide bonds. The number of benzene rings is 1. The van der Waals surface area contributed by atoms with Crippen molar-refractivity contribution in [3.63, 3.8) is 0 Å². The van der Waals surface area contributed by atoms with Crippen LogP contribution >= 0.6 is 0 Å². The average molecular weight is 514 g/mol. The highest BCUT2D eigenvalue weighted by molar-refractivity contribution is 5.77. The Bertz CT molecular complexity index is 1080. The number of carbonyl (C=O) groups is 1. The lowest BCUT2D eigenvalue weighted by Gasteiger charge is -2.27. The van der Waals surface area contributed by atoms with Crippen molar-refractivity contribution in [3.05, 3.63) is 52.5 Å². The fourth-order valence-corrected chi connectivity index (χ4v) is 5.38. The summed E-state index contributed by atoms with van der Waals surface area (Å²) in [7, 11) is 1.45. The smallest absolute Gasteiger partial charge is 0.325 e. The van der Waals surface area contributed by atoms with Gasteiger partial charge in [-0.05, 0) is 67.7 Å². The molecule has 1 fully saturated rings. The van der Waals surface area contributed by atoms with Crippen molar-refractivity contribution in [1.82, 2.24) is 9.88 Å². The first-order valence-electron chi connectivity index (χ1n) is 13.6. The Balaban J connectivity index is 1.25. The molecule has 1 aromatic carbocycles. The number of aryl methyl sites for hydroxylation is 2. The molecule has 2 N–H and O–H groups in total. The number of anilines is 1. The maximum Gasteiger partial charge on any atom is 0.325 e. The fourth-order valence-electron chi connectivity index (χ4n) is 5.38. The van der Waals surface area contributed by atoms with E-state index in [0.717, 1.165) is 56.6 Å². The topological polar surface area (TPSA) is 83.9 Å². The molecular weight excluding hydrogens is 473 g/mol. The van der Waals surface area contributed by atoms with Gasteiger partial charge < -0.3 is 19.9 Å². The number of carboxylic acid groups (broad SMARTS) is 1. The van der Waals surface area contributed by atoms with Crippen LogP contribution in [0.5, 0.6) is 5.75 Å². The highest BCUT2D eigenvalue weighted by atomic mass is 19.1. The van der Waals surface area contributed by atoms with E-state index in [4.69, 9.17) is 14.5 Å². The van der Waals surface area contributed by atoms with Crippen LogP contribution in [0, 0.1) is 5.82 Å². The highest BCUT2D eigenvalue weighted by Gasteiger charge is 2.36. The van der Waals surface area contributed by atoms with Crippen LogP contribution in [0.4, 0.5) is 10.2 Å². The molecule has 2 aromatic rings. The van der Waals surface area contributed by atoms with Gasteiger partial charge in [0.15, 0.2) is 0 Å². The van der Waals surface area contributed by atoms with E-state index in [1.54, 1.807) is 6.07 Å². The summed E-state index contributed by atoms with van der Waals surface area (Å²) in [5.74, 6) is -0.0831. The van der Waals surface area contributed by atoms with E-state index in [1.165, 1.54) is 25.2 Å². The number of pyridine rings is 1. The zero-order valence-corrected chi connectivity index (χ0v) is 22.3. The Hall–Kier alpha value is -2.71. The molecule has 0 saturated carbocycles. The van der Waals surface area contributed by atoms with Gasteiger partial charge >= 0.3 is 5.97 Å². The van der Waals surface area contributed by atoms with Gasteiger partial charge in [-0.2, -0.15) is 0 Å². The van der Waals surface area contributed by atoms with E-state index < -0.39 is 12.0 Å². The first-order chi connectivity index (χ1) is 17.9. The molecule has 1 saturated heterocycles. The minimum atomic E-state index is -0.966. The average Bonchev–Trinajstić information content (AvgIpc) is 3.34. The Morgan fingerprint density at radius 1 is 1.24 bits per heavy atom. The van der Waals surface area contributed by atoms with Crippen LogP contribution in [0.3, 0.4) is 0 Å². The van der Waals surface area contributed by atoms with Crippen molar-refractivity contribution in [3.8, 4) is 5.75 Å². The third kappa shape index (κ3) is 6.79. The summed E-state index contributed by atoms with van der Waals surface area (Å²) in [5.41, 5.74) is 3.44. The minimum absolute atomic E-state index is 0.00810. The van der Waals surface area contributed by atoms with Crippen molar-refractivity contribution in [2.75, 3.05) is 38.7 Å². The number of nitrogens with zero attached hydrogens (tertiary/aromatic N) is 2. The molecule has 3 heterocycles. The molecule has 7 nitrogen and oxygen atoms in total. The van der Waals surface area contributed by atoms with Gasteiger partial charge in [0.25, 0.3) is 0 Å². The molecular formula is C29H40FN3O4. The zero-order valence-electron chi connectivity index (χ0n) is 22.3. The summed E-state index contributed by atoms with van der Waals surface area (Å²) >= 11 is 0. The van der Waals surface area contributed by atoms with Gasteiger partial charge in [-0.3, -0.25) is 9.69 Å². The molecule has 37 heavy (non-hydrogen) atoms. The Morgan fingerprint density at radius 3 is 2.84 bits per heavy atom. The van der Waals surface area contributed by atoms with E-state index >= 15 is 0 Å². The maximum atomic E-state index is 14.5. The number of fused-ring (bicyclic) bond motifs is 1. The number of methoxy groups -OCH3 is 1. The largest absolute Gasteiger partial charge is 0.496 e. The highest BCUT2D eigenvalue weighted by Crippen LogP contribution is 2.36. The van der Waals surface area contributed by atoms with Crippen LogP contribution in [-0.2, 0) is 22.4 Å². The number of aromatic nitrogens is 1. The first kappa shape index (κ1) is 27.3. The number of aliphatic carboxylic acids is 1.